The lowest BCUT2D eigenvalue weighted by Gasteiger charge is -2.12. The summed E-state index contributed by atoms with van der Waals surface area (Å²) in [5, 5.41) is 10.3. The second kappa shape index (κ2) is 7.28. The molecule has 6 heteroatoms. The molecule has 0 bridgehead atoms. The van der Waals surface area contributed by atoms with Gasteiger partial charge in [0.05, 0.1) is 29.7 Å². The van der Waals surface area contributed by atoms with Crippen LogP contribution in [0.3, 0.4) is 0 Å². The van der Waals surface area contributed by atoms with E-state index in [0.29, 0.717) is 0 Å². The number of carbonyl (C=O) groups excluding carboxylic acids is 1. The average molecular weight is 316 g/mol. The number of methoxy groups -OCH3 is 1. The predicted octanol–water partition coefficient (Wildman–Crippen LogP) is 2.79. The van der Waals surface area contributed by atoms with Gasteiger partial charge in [-0.2, -0.15) is 5.10 Å². The summed E-state index contributed by atoms with van der Waals surface area (Å²) in [7, 11) is 3.54. The molecule has 0 spiro atoms. The Labute approximate surface area is 136 Å². The number of rotatable bonds is 6. The molecule has 0 saturated carbocycles. The van der Waals surface area contributed by atoms with Gasteiger partial charge in [0.1, 0.15) is 0 Å². The molecule has 124 valence electrons. The predicted molar refractivity (Wildman–Crippen MR) is 91.7 cm³/mol. The largest absolute Gasteiger partial charge is 0.377 e. The van der Waals surface area contributed by atoms with Crippen LogP contribution >= 0.6 is 0 Å². The van der Waals surface area contributed by atoms with Gasteiger partial charge in [0, 0.05) is 19.8 Å². The summed E-state index contributed by atoms with van der Waals surface area (Å²) in [5.41, 5.74) is 4.49. The van der Waals surface area contributed by atoms with Crippen LogP contribution in [0.1, 0.15) is 30.0 Å². The number of benzene rings is 1. The summed E-state index contributed by atoms with van der Waals surface area (Å²) in [4.78, 5) is 12.1. The third-order valence-electron chi connectivity index (χ3n) is 3.94. The topological polar surface area (TPSA) is 68.2 Å². The molecule has 1 amide bonds. The highest BCUT2D eigenvalue weighted by molar-refractivity contribution is 5.94. The van der Waals surface area contributed by atoms with Crippen LogP contribution in [0.15, 0.2) is 24.3 Å². The Balaban J connectivity index is 1.97. The van der Waals surface area contributed by atoms with Crippen LogP contribution in [0.4, 0.5) is 11.4 Å². The highest BCUT2D eigenvalue weighted by Gasteiger charge is 2.12. The van der Waals surface area contributed by atoms with E-state index in [2.05, 4.69) is 15.7 Å². The zero-order valence-corrected chi connectivity index (χ0v) is 14.3. The number of aromatic nitrogens is 2. The van der Waals surface area contributed by atoms with E-state index in [1.165, 1.54) is 0 Å². The SMILES string of the molecule is COC(C)c1cccc(NCC(=O)Nc2c(C)nn(C)c2C)c1. The Morgan fingerprint density at radius 3 is 2.74 bits per heavy atom. The first-order valence-electron chi connectivity index (χ1n) is 7.59. The van der Waals surface area contributed by atoms with E-state index in [-0.39, 0.29) is 18.6 Å². The average Bonchev–Trinajstić information content (AvgIpc) is 2.78. The van der Waals surface area contributed by atoms with Crippen molar-refractivity contribution in [2.75, 3.05) is 24.3 Å². The molecule has 1 aromatic carbocycles. The van der Waals surface area contributed by atoms with Gasteiger partial charge >= 0.3 is 0 Å². The number of hydrogen-bond donors (Lipinski definition) is 2. The minimum atomic E-state index is -0.102. The van der Waals surface area contributed by atoms with Crippen molar-refractivity contribution in [3.63, 3.8) is 0 Å². The summed E-state index contributed by atoms with van der Waals surface area (Å²) in [6.45, 7) is 5.99. The molecule has 0 fully saturated rings. The van der Waals surface area contributed by atoms with Crippen molar-refractivity contribution in [1.82, 2.24) is 9.78 Å². The molecule has 0 radical (unpaired) electrons. The molecule has 23 heavy (non-hydrogen) atoms. The first kappa shape index (κ1) is 17.0. The fourth-order valence-electron chi connectivity index (χ4n) is 2.36. The molecule has 2 rings (SSSR count). The number of carbonyl (C=O) groups is 1. The molecule has 2 aromatic rings. The summed E-state index contributed by atoms with van der Waals surface area (Å²) >= 11 is 0. The van der Waals surface area contributed by atoms with E-state index in [4.69, 9.17) is 4.74 Å². The number of ether oxygens (including phenoxy) is 1. The summed E-state index contributed by atoms with van der Waals surface area (Å²) in [6.07, 6.45) is 0.0197. The van der Waals surface area contributed by atoms with Crippen LogP contribution in [0, 0.1) is 13.8 Å². The van der Waals surface area contributed by atoms with Gasteiger partial charge in [0.15, 0.2) is 0 Å². The quantitative estimate of drug-likeness (QED) is 0.860. The molecule has 6 nitrogen and oxygen atoms in total. The van der Waals surface area contributed by atoms with Gasteiger partial charge in [-0.3, -0.25) is 9.48 Å². The third-order valence-corrected chi connectivity index (χ3v) is 3.94. The molecule has 1 unspecified atom stereocenters. The number of anilines is 2. The number of nitrogens with zero attached hydrogens (tertiary/aromatic N) is 2. The lowest BCUT2D eigenvalue weighted by atomic mass is 10.1. The van der Waals surface area contributed by atoms with Gasteiger partial charge in [0.25, 0.3) is 0 Å². The second-order valence-electron chi connectivity index (χ2n) is 5.57. The molecular weight excluding hydrogens is 292 g/mol. The lowest BCUT2D eigenvalue weighted by Crippen LogP contribution is -2.22. The zero-order chi connectivity index (χ0) is 17.0. The van der Waals surface area contributed by atoms with Crippen molar-refractivity contribution in [3.8, 4) is 0 Å². The van der Waals surface area contributed by atoms with Crippen molar-refractivity contribution in [3.05, 3.63) is 41.2 Å². The normalized spacial score (nSPS) is 12.0. The summed E-state index contributed by atoms with van der Waals surface area (Å²) in [6, 6.07) is 7.87. The molecule has 0 aliphatic carbocycles. The second-order valence-corrected chi connectivity index (χ2v) is 5.57. The molecule has 1 heterocycles. The van der Waals surface area contributed by atoms with Gasteiger partial charge in [-0.25, -0.2) is 0 Å². The highest BCUT2D eigenvalue weighted by atomic mass is 16.5. The van der Waals surface area contributed by atoms with Crippen molar-refractivity contribution in [2.24, 2.45) is 7.05 Å². The van der Waals surface area contributed by atoms with Crippen LogP contribution < -0.4 is 10.6 Å². The molecule has 0 saturated heterocycles. The van der Waals surface area contributed by atoms with Crippen molar-refractivity contribution < 1.29 is 9.53 Å². The van der Waals surface area contributed by atoms with E-state index in [0.717, 1.165) is 28.3 Å². The molecule has 1 atom stereocenters. The Bertz CT molecular complexity index is 694. The van der Waals surface area contributed by atoms with Crippen molar-refractivity contribution in [1.29, 1.82) is 0 Å². The summed E-state index contributed by atoms with van der Waals surface area (Å²) in [5.74, 6) is -0.102. The molecule has 0 aliphatic heterocycles. The maximum Gasteiger partial charge on any atom is 0.243 e. The molecule has 0 aliphatic rings. The van der Waals surface area contributed by atoms with Gasteiger partial charge in [-0.1, -0.05) is 12.1 Å². The van der Waals surface area contributed by atoms with Gasteiger partial charge in [-0.15, -0.1) is 0 Å². The van der Waals surface area contributed by atoms with Crippen molar-refractivity contribution in [2.45, 2.75) is 26.9 Å². The number of hydrogen-bond acceptors (Lipinski definition) is 4. The van der Waals surface area contributed by atoms with E-state index >= 15 is 0 Å². The zero-order valence-electron chi connectivity index (χ0n) is 14.3. The third kappa shape index (κ3) is 4.10. The van der Waals surface area contributed by atoms with Crippen LogP contribution in [0.5, 0.6) is 0 Å². The van der Waals surface area contributed by atoms with Crippen molar-refractivity contribution >= 4 is 17.3 Å². The highest BCUT2D eigenvalue weighted by Crippen LogP contribution is 2.20. The standard InChI is InChI=1S/C17H24N4O2/c1-11-17(12(2)21(4)20-11)19-16(22)10-18-15-8-6-7-14(9-15)13(3)23-5/h6-9,13,18H,10H2,1-5H3,(H,19,22). The van der Waals surface area contributed by atoms with Crippen LogP contribution in [0.2, 0.25) is 0 Å². The molecular formula is C17H24N4O2. The first-order valence-corrected chi connectivity index (χ1v) is 7.59. The van der Waals surface area contributed by atoms with E-state index < -0.39 is 0 Å². The van der Waals surface area contributed by atoms with Gasteiger partial charge in [0.2, 0.25) is 5.91 Å². The Morgan fingerprint density at radius 1 is 1.39 bits per heavy atom. The number of nitrogens with one attached hydrogen (secondary N) is 2. The van der Waals surface area contributed by atoms with Crippen LogP contribution in [-0.2, 0) is 16.6 Å². The Morgan fingerprint density at radius 2 is 2.13 bits per heavy atom. The van der Waals surface area contributed by atoms with Gasteiger partial charge in [-0.05, 0) is 38.5 Å². The van der Waals surface area contributed by atoms with Gasteiger partial charge < -0.3 is 15.4 Å². The van der Waals surface area contributed by atoms with Crippen LogP contribution in [0.25, 0.3) is 0 Å². The smallest absolute Gasteiger partial charge is 0.243 e. The molecule has 1 aromatic heterocycles. The minimum absolute atomic E-state index is 0.0197. The maximum absolute atomic E-state index is 12.1. The summed E-state index contributed by atoms with van der Waals surface area (Å²) < 4.78 is 7.07. The van der Waals surface area contributed by atoms with E-state index in [1.54, 1.807) is 11.8 Å². The van der Waals surface area contributed by atoms with E-state index in [9.17, 15) is 4.79 Å². The minimum Gasteiger partial charge on any atom is -0.377 e. The fourth-order valence-corrected chi connectivity index (χ4v) is 2.36. The fraction of sp³-hybridized carbons (Fsp3) is 0.412. The Kier molecular flexibility index (Phi) is 5.39. The number of amides is 1. The maximum atomic E-state index is 12.1. The molecule has 2 N–H and O–H groups in total. The van der Waals surface area contributed by atoms with E-state index in [1.807, 2.05) is 52.1 Å². The Hall–Kier alpha value is -2.34. The van der Waals surface area contributed by atoms with Crippen LogP contribution in [-0.4, -0.2) is 29.3 Å². The lowest BCUT2D eigenvalue weighted by molar-refractivity contribution is -0.114. The number of aryl methyl sites for hydroxylation is 2. The first-order chi connectivity index (χ1) is 10.9. The monoisotopic (exact) mass is 316 g/mol.